The van der Waals surface area contributed by atoms with Crippen LogP contribution in [0.3, 0.4) is 0 Å². The molecule has 1 atom stereocenters. The molecule has 2 aromatic rings. The van der Waals surface area contributed by atoms with E-state index in [-0.39, 0.29) is 6.04 Å². The number of nitrogens with one attached hydrogen (secondary N) is 1. The molecule has 2 heterocycles. The van der Waals surface area contributed by atoms with Gasteiger partial charge in [-0.15, -0.1) is 0 Å². The van der Waals surface area contributed by atoms with Crippen LogP contribution in [0.2, 0.25) is 5.02 Å². The second kappa shape index (κ2) is 9.30. The molecule has 7 nitrogen and oxygen atoms in total. The quantitative estimate of drug-likeness (QED) is 0.611. The van der Waals surface area contributed by atoms with E-state index in [9.17, 15) is 0 Å². The fourth-order valence-electron chi connectivity index (χ4n) is 3.58. The normalized spacial score (nSPS) is 16.6. The number of hydrogen-bond acceptors (Lipinski definition) is 4. The van der Waals surface area contributed by atoms with Gasteiger partial charge in [0.05, 0.1) is 12.2 Å². The minimum absolute atomic E-state index is 0.234. The number of nitrogens with zero attached hydrogens (tertiary/aromatic N) is 6. The zero-order valence-electron chi connectivity index (χ0n) is 17.1. The lowest BCUT2D eigenvalue weighted by molar-refractivity contribution is 0.292. The number of guanidine groups is 1. The average Bonchev–Trinajstić information content (AvgIpc) is 3.11. The number of piperazine rings is 1. The predicted molar refractivity (Wildman–Crippen MR) is 116 cm³/mol. The van der Waals surface area contributed by atoms with Crippen molar-refractivity contribution in [2.75, 3.05) is 58.8 Å². The molecule has 3 rings (SSSR count). The fourth-order valence-corrected chi connectivity index (χ4v) is 3.76. The van der Waals surface area contributed by atoms with E-state index >= 15 is 0 Å². The van der Waals surface area contributed by atoms with Crippen molar-refractivity contribution in [1.29, 1.82) is 0 Å². The molecule has 0 radical (unpaired) electrons. The van der Waals surface area contributed by atoms with Crippen molar-refractivity contribution < 1.29 is 0 Å². The Bertz CT molecular complexity index is 793. The lowest BCUT2D eigenvalue weighted by Crippen LogP contribution is -2.53. The first kappa shape index (κ1) is 20.5. The first-order chi connectivity index (χ1) is 13.5. The molecule has 1 aromatic carbocycles. The molecule has 1 saturated heterocycles. The van der Waals surface area contributed by atoms with Crippen LogP contribution in [0.25, 0.3) is 0 Å². The van der Waals surface area contributed by atoms with Gasteiger partial charge >= 0.3 is 0 Å². The minimum atomic E-state index is 0.234. The van der Waals surface area contributed by atoms with Crippen LogP contribution in [0.15, 0.2) is 41.7 Å². The highest BCUT2D eigenvalue weighted by atomic mass is 35.5. The molecular weight excluding hydrogens is 374 g/mol. The summed E-state index contributed by atoms with van der Waals surface area (Å²) in [6.45, 7) is 4.51. The van der Waals surface area contributed by atoms with Crippen LogP contribution in [0.1, 0.15) is 11.6 Å². The molecule has 1 unspecified atom stereocenters. The summed E-state index contributed by atoms with van der Waals surface area (Å²) in [4.78, 5) is 11.4. The minimum Gasteiger partial charge on any atom is -0.368 e. The van der Waals surface area contributed by atoms with Crippen molar-refractivity contribution in [3.63, 3.8) is 0 Å². The van der Waals surface area contributed by atoms with E-state index in [1.165, 1.54) is 11.3 Å². The Balaban J connectivity index is 1.57. The van der Waals surface area contributed by atoms with Crippen molar-refractivity contribution in [3.05, 3.63) is 47.2 Å². The molecule has 0 aliphatic carbocycles. The third-order valence-corrected chi connectivity index (χ3v) is 5.39. The Morgan fingerprint density at radius 3 is 2.61 bits per heavy atom. The van der Waals surface area contributed by atoms with Crippen molar-refractivity contribution in [2.24, 2.45) is 12.0 Å². The smallest absolute Gasteiger partial charge is 0.193 e. The maximum Gasteiger partial charge on any atom is 0.193 e. The molecular formula is C20H30ClN7. The number of hydrogen-bond donors (Lipinski definition) is 1. The van der Waals surface area contributed by atoms with Gasteiger partial charge in [0.15, 0.2) is 5.96 Å². The van der Waals surface area contributed by atoms with E-state index in [0.717, 1.165) is 43.7 Å². The number of benzene rings is 1. The summed E-state index contributed by atoms with van der Waals surface area (Å²) in [6.07, 6.45) is 4.00. The van der Waals surface area contributed by atoms with Crippen LogP contribution in [0.4, 0.5) is 5.69 Å². The van der Waals surface area contributed by atoms with Gasteiger partial charge in [-0.1, -0.05) is 17.7 Å². The van der Waals surface area contributed by atoms with Crippen molar-refractivity contribution in [3.8, 4) is 0 Å². The van der Waals surface area contributed by atoms with Gasteiger partial charge in [-0.2, -0.15) is 5.10 Å². The van der Waals surface area contributed by atoms with Gasteiger partial charge in [-0.25, -0.2) is 0 Å². The first-order valence-corrected chi connectivity index (χ1v) is 9.97. The van der Waals surface area contributed by atoms with Gasteiger partial charge in [0, 0.05) is 69.3 Å². The van der Waals surface area contributed by atoms with Crippen molar-refractivity contribution in [2.45, 2.75) is 6.04 Å². The Hall–Kier alpha value is -2.25. The Morgan fingerprint density at radius 1 is 1.29 bits per heavy atom. The summed E-state index contributed by atoms with van der Waals surface area (Å²) in [6, 6.07) is 8.29. The average molecular weight is 404 g/mol. The van der Waals surface area contributed by atoms with Gasteiger partial charge in [0.1, 0.15) is 0 Å². The molecule has 0 amide bonds. The summed E-state index contributed by atoms with van der Waals surface area (Å²) in [5, 5.41) is 8.64. The Kier molecular flexibility index (Phi) is 6.80. The molecule has 1 aliphatic heterocycles. The maximum absolute atomic E-state index is 6.14. The standard InChI is InChI=1S/C20H30ClN7/c1-22-20(23-14-19(25(2)3)16-13-24-26(4)15-16)28-10-8-27(9-11-28)18-7-5-6-17(21)12-18/h5-7,12-13,15,19H,8-11,14H2,1-4H3,(H,22,23). The fraction of sp³-hybridized carbons (Fsp3) is 0.500. The van der Waals surface area contributed by atoms with Crippen LogP contribution < -0.4 is 10.2 Å². The van der Waals surface area contributed by atoms with E-state index in [2.05, 4.69) is 56.5 Å². The topological polar surface area (TPSA) is 51.9 Å². The molecule has 8 heteroatoms. The highest BCUT2D eigenvalue weighted by Crippen LogP contribution is 2.21. The number of anilines is 1. The molecule has 1 aromatic heterocycles. The lowest BCUT2D eigenvalue weighted by atomic mass is 10.1. The highest BCUT2D eigenvalue weighted by molar-refractivity contribution is 6.30. The lowest BCUT2D eigenvalue weighted by Gasteiger charge is -2.38. The molecule has 0 bridgehead atoms. The van der Waals surface area contributed by atoms with Gasteiger partial charge in [-0.3, -0.25) is 9.67 Å². The highest BCUT2D eigenvalue weighted by Gasteiger charge is 2.22. The second-order valence-electron chi connectivity index (χ2n) is 7.31. The Labute approximate surface area is 172 Å². The van der Waals surface area contributed by atoms with Crippen molar-refractivity contribution in [1.82, 2.24) is 24.9 Å². The van der Waals surface area contributed by atoms with Crippen LogP contribution in [0, 0.1) is 0 Å². The van der Waals surface area contributed by atoms with E-state index in [4.69, 9.17) is 11.6 Å². The SMILES string of the molecule is CN=C(NCC(c1cnn(C)c1)N(C)C)N1CCN(c2cccc(Cl)c2)CC1. The third kappa shape index (κ3) is 4.97. The largest absolute Gasteiger partial charge is 0.368 e. The molecule has 1 aliphatic rings. The number of halogens is 1. The zero-order chi connectivity index (χ0) is 20.1. The second-order valence-corrected chi connectivity index (χ2v) is 7.75. The number of rotatable bonds is 5. The summed E-state index contributed by atoms with van der Waals surface area (Å²) >= 11 is 6.14. The van der Waals surface area contributed by atoms with Crippen LogP contribution in [-0.4, -0.2) is 79.4 Å². The van der Waals surface area contributed by atoms with E-state index in [1.54, 1.807) is 0 Å². The summed E-state index contributed by atoms with van der Waals surface area (Å²) < 4.78 is 1.84. The number of aryl methyl sites for hydroxylation is 1. The maximum atomic E-state index is 6.14. The van der Waals surface area contributed by atoms with Gasteiger partial charge < -0.3 is 20.0 Å². The summed E-state index contributed by atoms with van der Waals surface area (Å²) in [5.41, 5.74) is 2.38. The molecule has 1 N–H and O–H groups in total. The zero-order valence-corrected chi connectivity index (χ0v) is 17.9. The van der Waals surface area contributed by atoms with Crippen LogP contribution in [0.5, 0.6) is 0 Å². The number of aromatic nitrogens is 2. The number of likely N-dealkylation sites (N-methyl/N-ethyl adjacent to an activating group) is 1. The summed E-state index contributed by atoms with van der Waals surface area (Å²) in [5.74, 6) is 0.946. The van der Waals surface area contributed by atoms with Crippen molar-refractivity contribution >= 4 is 23.2 Å². The number of aliphatic imine (C=N–C) groups is 1. The van der Waals surface area contributed by atoms with E-state index in [1.807, 2.05) is 43.2 Å². The van der Waals surface area contributed by atoms with E-state index in [0.29, 0.717) is 0 Å². The molecule has 1 fully saturated rings. The third-order valence-electron chi connectivity index (χ3n) is 5.15. The van der Waals surface area contributed by atoms with Crippen LogP contribution >= 0.6 is 11.6 Å². The molecule has 152 valence electrons. The van der Waals surface area contributed by atoms with Gasteiger partial charge in [-0.05, 0) is 32.3 Å². The monoisotopic (exact) mass is 403 g/mol. The van der Waals surface area contributed by atoms with Gasteiger partial charge in [0.2, 0.25) is 0 Å². The first-order valence-electron chi connectivity index (χ1n) is 9.59. The van der Waals surface area contributed by atoms with Crippen LogP contribution in [-0.2, 0) is 7.05 Å². The molecule has 28 heavy (non-hydrogen) atoms. The van der Waals surface area contributed by atoms with E-state index < -0.39 is 0 Å². The molecule has 0 spiro atoms. The van der Waals surface area contributed by atoms with Gasteiger partial charge in [0.25, 0.3) is 0 Å². The summed E-state index contributed by atoms with van der Waals surface area (Å²) in [7, 11) is 7.97. The predicted octanol–water partition coefficient (Wildman–Crippen LogP) is 2.07. The Morgan fingerprint density at radius 2 is 2.04 bits per heavy atom. The molecule has 0 saturated carbocycles.